The minimum atomic E-state index is -1.85. The zero-order chi connectivity index (χ0) is 31.4. The van der Waals surface area contributed by atoms with Crippen molar-refractivity contribution in [3.8, 4) is 34.7 Å². The summed E-state index contributed by atoms with van der Waals surface area (Å²) >= 11 is 0. The lowest BCUT2D eigenvalue weighted by atomic mass is 10.00. The van der Waals surface area contributed by atoms with Crippen LogP contribution in [-0.4, -0.2) is 67.7 Å². The number of hydrogen-bond acceptors (Lipinski definition) is 8. The number of hydrogen-bond donors (Lipinski definition) is 1. The Morgan fingerprint density at radius 3 is 2.47 bits per heavy atom. The quantitative estimate of drug-likeness (QED) is 0.281. The first-order valence-electron chi connectivity index (χ1n) is 15.1. The molecule has 1 atom stereocenters. The van der Waals surface area contributed by atoms with E-state index in [-0.39, 0.29) is 23.1 Å². The summed E-state index contributed by atoms with van der Waals surface area (Å²) in [5, 5.41) is 17.1. The van der Waals surface area contributed by atoms with Crippen LogP contribution in [0.15, 0.2) is 40.9 Å². The molecule has 4 rings (SSSR count). The summed E-state index contributed by atoms with van der Waals surface area (Å²) in [5.41, 5.74) is 4.45. The van der Waals surface area contributed by atoms with Crippen LogP contribution in [0.3, 0.4) is 0 Å². The highest BCUT2D eigenvalue weighted by Gasteiger charge is 2.37. The number of nitrogens with one attached hydrogen (secondary N) is 1. The molecule has 1 aliphatic rings. The largest absolute Gasteiger partial charge is 0.490 e. The van der Waals surface area contributed by atoms with E-state index in [0.29, 0.717) is 41.7 Å². The normalized spacial score (nSPS) is 15.0. The predicted octanol–water partition coefficient (Wildman–Crippen LogP) is 5.99. The van der Waals surface area contributed by atoms with Crippen LogP contribution in [0.4, 0.5) is 0 Å². The predicted molar refractivity (Wildman–Crippen MR) is 170 cm³/mol. The molecule has 0 saturated heterocycles. The van der Waals surface area contributed by atoms with Crippen molar-refractivity contribution in [3.63, 3.8) is 0 Å². The van der Waals surface area contributed by atoms with Gasteiger partial charge in [0, 0.05) is 30.3 Å². The summed E-state index contributed by atoms with van der Waals surface area (Å²) in [4.78, 5) is 19.7. The number of nitrogens with zero attached hydrogens (tertiary/aromatic N) is 4. The lowest BCUT2D eigenvalue weighted by molar-refractivity contribution is -0.123. The zero-order valence-electron chi connectivity index (χ0n) is 26.8. The molecule has 43 heavy (non-hydrogen) atoms. The van der Waals surface area contributed by atoms with Crippen LogP contribution in [0.2, 0.25) is 18.1 Å². The minimum Gasteiger partial charge on any atom is -0.490 e. The fraction of sp³-hybridized carbons (Fsp3) is 0.515. The first-order chi connectivity index (χ1) is 20.3. The SMILES string of the molecule is CC(CO[Si](C)(C)C(C)(C)C)NC(=O)CN1CCc2ccc(-c3noc(-c4ccc(OC(C)C)c(C#N)c4)n3)cc2CC1. The monoisotopic (exact) mass is 603 g/mol. The van der Waals surface area contributed by atoms with Gasteiger partial charge in [-0.05, 0) is 87.1 Å². The van der Waals surface area contributed by atoms with Crippen LogP contribution in [0.5, 0.6) is 5.75 Å². The van der Waals surface area contributed by atoms with E-state index in [9.17, 15) is 10.1 Å². The Balaban J connectivity index is 1.35. The van der Waals surface area contributed by atoms with E-state index in [1.54, 1.807) is 12.1 Å². The molecule has 9 nitrogen and oxygen atoms in total. The average Bonchev–Trinajstić information content (AvgIpc) is 3.35. The smallest absolute Gasteiger partial charge is 0.258 e. The zero-order valence-corrected chi connectivity index (χ0v) is 27.8. The molecule has 230 valence electrons. The van der Waals surface area contributed by atoms with Crippen molar-refractivity contribution in [2.45, 2.75) is 84.7 Å². The van der Waals surface area contributed by atoms with Gasteiger partial charge in [0.15, 0.2) is 8.32 Å². The number of aromatic nitrogens is 2. The maximum atomic E-state index is 12.8. The van der Waals surface area contributed by atoms with E-state index in [1.807, 2.05) is 32.9 Å². The summed E-state index contributed by atoms with van der Waals surface area (Å²) in [6, 6.07) is 13.7. The van der Waals surface area contributed by atoms with Crippen molar-refractivity contribution in [1.82, 2.24) is 20.4 Å². The highest BCUT2D eigenvalue weighted by molar-refractivity contribution is 6.74. The van der Waals surface area contributed by atoms with Gasteiger partial charge in [-0.2, -0.15) is 10.2 Å². The molecular weight excluding hydrogens is 558 g/mol. The van der Waals surface area contributed by atoms with Crippen molar-refractivity contribution in [2.75, 3.05) is 26.2 Å². The number of carbonyl (C=O) groups excluding carboxylic acids is 1. The molecule has 1 aliphatic heterocycles. The Morgan fingerprint density at radius 2 is 1.79 bits per heavy atom. The van der Waals surface area contributed by atoms with E-state index in [0.717, 1.165) is 31.5 Å². The Labute approximate surface area is 256 Å². The number of amides is 1. The summed E-state index contributed by atoms with van der Waals surface area (Å²) in [6.07, 6.45) is 1.66. The second kappa shape index (κ2) is 13.4. The molecule has 0 bridgehead atoms. The van der Waals surface area contributed by atoms with Gasteiger partial charge >= 0.3 is 0 Å². The summed E-state index contributed by atoms with van der Waals surface area (Å²) in [7, 11) is -1.85. The Hall–Kier alpha value is -3.52. The molecule has 1 N–H and O–H groups in total. The molecule has 0 fully saturated rings. The van der Waals surface area contributed by atoms with Gasteiger partial charge in [0.05, 0.1) is 24.8 Å². The lowest BCUT2D eigenvalue weighted by Gasteiger charge is -2.37. The van der Waals surface area contributed by atoms with Gasteiger partial charge in [-0.1, -0.05) is 38.1 Å². The molecule has 0 saturated carbocycles. The number of carbonyl (C=O) groups is 1. The van der Waals surface area contributed by atoms with E-state index in [1.165, 1.54) is 11.1 Å². The van der Waals surface area contributed by atoms with Crippen molar-refractivity contribution < 1.29 is 18.5 Å². The van der Waals surface area contributed by atoms with Crippen LogP contribution in [0.25, 0.3) is 22.8 Å². The first-order valence-corrected chi connectivity index (χ1v) is 18.0. The summed E-state index contributed by atoms with van der Waals surface area (Å²) in [6.45, 7) is 19.5. The molecule has 0 spiro atoms. The highest BCUT2D eigenvalue weighted by atomic mass is 28.4. The molecule has 2 heterocycles. The molecular formula is C33H45N5O4Si. The van der Waals surface area contributed by atoms with Crippen LogP contribution in [0.1, 0.15) is 58.2 Å². The van der Waals surface area contributed by atoms with Crippen molar-refractivity contribution in [3.05, 3.63) is 53.1 Å². The second-order valence-electron chi connectivity index (χ2n) is 13.2. The Morgan fingerprint density at radius 1 is 1.09 bits per heavy atom. The second-order valence-corrected chi connectivity index (χ2v) is 18.0. The van der Waals surface area contributed by atoms with Crippen LogP contribution in [-0.2, 0) is 22.1 Å². The van der Waals surface area contributed by atoms with E-state index in [4.69, 9.17) is 13.7 Å². The summed E-state index contributed by atoms with van der Waals surface area (Å²) in [5.74, 6) is 1.40. The highest BCUT2D eigenvalue weighted by Crippen LogP contribution is 2.36. The Bertz CT molecular complexity index is 1470. The van der Waals surface area contributed by atoms with Gasteiger partial charge in [-0.3, -0.25) is 9.69 Å². The van der Waals surface area contributed by atoms with E-state index >= 15 is 0 Å². The fourth-order valence-electron chi connectivity index (χ4n) is 4.75. The lowest BCUT2D eigenvalue weighted by Crippen LogP contribution is -2.47. The van der Waals surface area contributed by atoms with Crippen molar-refractivity contribution >= 4 is 14.2 Å². The van der Waals surface area contributed by atoms with E-state index in [2.05, 4.69) is 72.4 Å². The number of ether oxygens (including phenoxy) is 1. The van der Waals surface area contributed by atoms with Gasteiger partial charge in [0.1, 0.15) is 11.8 Å². The van der Waals surface area contributed by atoms with Gasteiger partial charge in [0.2, 0.25) is 11.7 Å². The number of nitriles is 1. The number of rotatable bonds is 10. The van der Waals surface area contributed by atoms with Crippen LogP contribution < -0.4 is 10.1 Å². The number of benzene rings is 2. The third-order valence-corrected chi connectivity index (χ3v) is 12.8. The number of fused-ring (bicyclic) bond motifs is 1. The third kappa shape index (κ3) is 8.31. The van der Waals surface area contributed by atoms with E-state index < -0.39 is 8.32 Å². The molecule has 2 aromatic carbocycles. The topological polar surface area (TPSA) is 114 Å². The molecule has 1 aromatic heterocycles. The van der Waals surface area contributed by atoms with Crippen molar-refractivity contribution in [2.24, 2.45) is 0 Å². The summed E-state index contributed by atoms with van der Waals surface area (Å²) < 4.78 is 17.6. The standard InChI is InChI=1S/C33H45N5O4Si/c1-22(2)41-29-12-11-27(18-28(29)19-34)32-36-31(37-42-32)26-10-9-24-13-15-38(16-14-25(24)17-26)20-30(39)35-23(3)21-40-43(7,8)33(4,5)6/h9-12,17-18,22-23H,13-16,20-21H2,1-8H3,(H,35,39). The maximum absolute atomic E-state index is 12.8. The fourth-order valence-corrected chi connectivity index (χ4v) is 5.85. The molecule has 10 heteroatoms. The van der Waals surface area contributed by atoms with Gasteiger partial charge < -0.3 is 19.0 Å². The van der Waals surface area contributed by atoms with Gasteiger partial charge in [-0.25, -0.2) is 0 Å². The third-order valence-electron chi connectivity index (χ3n) is 8.27. The molecule has 3 aromatic rings. The minimum absolute atomic E-state index is 0.0284. The molecule has 0 aliphatic carbocycles. The van der Waals surface area contributed by atoms with Gasteiger partial charge in [-0.15, -0.1) is 0 Å². The Kier molecular flexibility index (Phi) is 10.1. The van der Waals surface area contributed by atoms with Crippen LogP contribution in [0, 0.1) is 11.3 Å². The van der Waals surface area contributed by atoms with Crippen LogP contribution >= 0.6 is 0 Å². The molecule has 0 radical (unpaired) electrons. The molecule has 1 unspecified atom stereocenters. The van der Waals surface area contributed by atoms with Gasteiger partial charge in [0.25, 0.3) is 5.89 Å². The first kappa shape index (κ1) is 32.4. The maximum Gasteiger partial charge on any atom is 0.258 e. The van der Waals surface area contributed by atoms with Crippen molar-refractivity contribution in [1.29, 1.82) is 5.26 Å². The molecule has 1 amide bonds. The average molecular weight is 604 g/mol.